The van der Waals surface area contributed by atoms with Gasteiger partial charge in [0.05, 0.1) is 23.7 Å². The van der Waals surface area contributed by atoms with Gasteiger partial charge in [-0.3, -0.25) is 9.59 Å². The van der Waals surface area contributed by atoms with Crippen LogP contribution in [0.25, 0.3) is 0 Å². The van der Waals surface area contributed by atoms with Gasteiger partial charge in [-0.15, -0.1) is 0 Å². The van der Waals surface area contributed by atoms with Crippen LogP contribution in [-0.2, 0) is 9.59 Å². The third kappa shape index (κ3) is 3.68. The van der Waals surface area contributed by atoms with E-state index in [4.69, 9.17) is 16.3 Å². The van der Waals surface area contributed by atoms with Crippen molar-refractivity contribution < 1.29 is 14.3 Å². The highest BCUT2D eigenvalue weighted by Gasteiger charge is 2.35. The summed E-state index contributed by atoms with van der Waals surface area (Å²) in [6.45, 7) is 4.20. The first-order chi connectivity index (χ1) is 12.4. The SMILES string of the molecule is COc1ccc(N2CC(C(=O)Nc3c(C)cc(C)cc3Cl)CC2=O)cc1. The molecule has 2 aromatic rings. The van der Waals surface area contributed by atoms with Crippen molar-refractivity contribution in [2.45, 2.75) is 20.3 Å². The van der Waals surface area contributed by atoms with Crippen molar-refractivity contribution in [3.05, 3.63) is 52.5 Å². The van der Waals surface area contributed by atoms with Gasteiger partial charge in [-0.05, 0) is 55.3 Å². The van der Waals surface area contributed by atoms with Crippen LogP contribution in [0.1, 0.15) is 17.5 Å². The number of nitrogens with one attached hydrogen (secondary N) is 1. The summed E-state index contributed by atoms with van der Waals surface area (Å²) in [4.78, 5) is 26.7. The van der Waals surface area contributed by atoms with Gasteiger partial charge in [0.25, 0.3) is 0 Å². The van der Waals surface area contributed by atoms with Crippen LogP contribution in [0, 0.1) is 19.8 Å². The fraction of sp³-hybridized carbons (Fsp3) is 0.300. The molecule has 26 heavy (non-hydrogen) atoms. The van der Waals surface area contributed by atoms with Crippen LogP contribution in [0.4, 0.5) is 11.4 Å². The highest BCUT2D eigenvalue weighted by atomic mass is 35.5. The second-order valence-electron chi connectivity index (χ2n) is 6.53. The summed E-state index contributed by atoms with van der Waals surface area (Å²) in [6, 6.07) is 11.0. The summed E-state index contributed by atoms with van der Waals surface area (Å²) in [5.41, 5.74) is 3.31. The van der Waals surface area contributed by atoms with E-state index in [-0.39, 0.29) is 18.2 Å². The molecular weight excluding hydrogens is 352 g/mol. The van der Waals surface area contributed by atoms with Crippen molar-refractivity contribution in [3.63, 3.8) is 0 Å². The van der Waals surface area contributed by atoms with Crippen LogP contribution in [0.5, 0.6) is 5.75 Å². The predicted octanol–water partition coefficient (Wildman–Crippen LogP) is 3.96. The molecule has 0 spiro atoms. The Morgan fingerprint density at radius 3 is 2.54 bits per heavy atom. The van der Waals surface area contributed by atoms with Crippen LogP contribution in [0.15, 0.2) is 36.4 Å². The van der Waals surface area contributed by atoms with E-state index < -0.39 is 5.92 Å². The smallest absolute Gasteiger partial charge is 0.229 e. The average molecular weight is 373 g/mol. The molecule has 5 nitrogen and oxygen atoms in total. The number of hydrogen-bond acceptors (Lipinski definition) is 3. The third-order valence-corrected chi connectivity index (χ3v) is 4.86. The number of carbonyl (C=O) groups is 2. The van der Waals surface area contributed by atoms with E-state index in [2.05, 4.69) is 5.32 Å². The lowest BCUT2D eigenvalue weighted by molar-refractivity contribution is -0.122. The van der Waals surface area contributed by atoms with Crippen molar-refractivity contribution in [2.75, 3.05) is 23.9 Å². The molecular formula is C20H21ClN2O3. The molecule has 1 N–H and O–H groups in total. The van der Waals surface area contributed by atoms with Crippen molar-refractivity contribution >= 4 is 34.8 Å². The van der Waals surface area contributed by atoms with Crippen molar-refractivity contribution in [3.8, 4) is 5.75 Å². The molecule has 6 heteroatoms. The van der Waals surface area contributed by atoms with Crippen LogP contribution >= 0.6 is 11.6 Å². The zero-order valence-electron chi connectivity index (χ0n) is 15.0. The Morgan fingerprint density at radius 1 is 1.23 bits per heavy atom. The summed E-state index contributed by atoms with van der Waals surface area (Å²) in [5.74, 6) is 0.0470. The highest BCUT2D eigenvalue weighted by Crippen LogP contribution is 2.30. The van der Waals surface area contributed by atoms with Gasteiger partial charge in [-0.25, -0.2) is 0 Å². The average Bonchev–Trinajstić information content (AvgIpc) is 3.00. The maximum atomic E-state index is 12.7. The van der Waals surface area contributed by atoms with E-state index in [9.17, 15) is 9.59 Å². The Hall–Kier alpha value is -2.53. The maximum Gasteiger partial charge on any atom is 0.229 e. The van der Waals surface area contributed by atoms with Gasteiger partial charge in [0, 0.05) is 18.7 Å². The van der Waals surface area contributed by atoms with Gasteiger partial charge < -0.3 is 15.0 Å². The molecule has 1 aliphatic rings. The zero-order valence-corrected chi connectivity index (χ0v) is 15.8. The summed E-state index contributed by atoms with van der Waals surface area (Å²) in [6.07, 6.45) is 0.181. The van der Waals surface area contributed by atoms with E-state index in [1.807, 2.05) is 38.1 Å². The number of amides is 2. The van der Waals surface area contributed by atoms with E-state index in [0.717, 1.165) is 22.6 Å². The van der Waals surface area contributed by atoms with Crippen molar-refractivity contribution in [2.24, 2.45) is 5.92 Å². The minimum Gasteiger partial charge on any atom is -0.497 e. The number of halogens is 1. The molecule has 0 aromatic heterocycles. The van der Waals surface area contributed by atoms with Crippen LogP contribution in [-0.4, -0.2) is 25.5 Å². The van der Waals surface area contributed by atoms with Crippen molar-refractivity contribution in [1.29, 1.82) is 0 Å². The molecule has 0 aliphatic carbocycles. The lowest BCUT2D eigenvalue weighted by Gasteiger charge is -2.18. The van der Waals surface area contributed by atoms with Gasteiger partial charge in [-0.1, -0.05) is 17.7 Å². The summed E-state index contributed by atoms with van der Waals surface area (Å²) >= 11 is 6.26. The maximum absolute atomic E-state index is 12.7. The third-order valence-electron chi connectivity index (χ3n) is 4.56. The first-order valence-corrected chi connectivity index (χ1v) is 8.79. The number of hydrogen-bond donors (Lipinski definition) is 1. The van der Waals surface area contributed by atoms with E-state index in [1.54, 1.807) is 24.1 Å². The molecule has 1 fully saturated rings. The summed E-state index contributed by atoms with van der Waals surface area (Å²) < 4.78 is 5.14. The normalized spacial score (nSPS) is 16.7. The number of anilines is 2. The topological polar surface area (TPSA) is 58.6 Å². The van der Waals surface area contributed by atoms with E-state index >= 15 is 0 Å². The van der Waals surface area contributed by atoms with Gasteiger partial charge >= 0.3 is 0 Å². The molecule has 0 radical (unpaired) electrons. The molecule has 1 heterocycles. The number of nitrogens with zero attached hydrogens (tertiary/aromatic N) is 1. The second-order valence-corrected chi connectivity index (χ2v) is 6.94. The first kappa shape index (κ1) is 18.3. The fourth-order valence-corrected chi connectivity index (χ4v) is 3.56. The Labute approximate surface area is 157 Å². The number of carbonyl (C=O) groups excluding carboxylic acids is 2. The highest BCUT2D eigenvalue weighted by molar-refractivity contribution is 6.34. The van der Waals surface area contributed by atoms with Crippen LogP contribution in [0.3, 0.4) is 0 Å². The van der Waals surface area contributed by atoms with Gasteiger partial charge in [0.1, 0.15) is 5.75 Å². The lowest BCUT2D eigenvalue weighted by Crippen LogP contribution is -2.28. The summed E-state index contributed by atoms with van der Waals surface area (Å²) in [7, 11) is 1.59. The molecule has 1 unspecified atom stereocenters. The van der Waals surface area contributed by atoms with E-state index in [1.165, 1.54) is 0 Å². The van der Waals surface area contributed by atoms with Gasteiger partial charge in [0.15, 0.2) is 0 Å². The Bertz CT molecular complexity index is 826. The number of aryl methyl sites for hydroxylation is 2. The molecule has 2 amide bonds. The monoisotopic (exact) mass is 372 g/mol. The molecule has 1 saturated heterocycles. The number of methoxy groups -OCH3 is 1. The fourth-order valence-electron chi connectivity index (χ4n) is 3.19. The minimum absolute atomic E-state index is 0.0676. The second kappa shape index (κ2) is 7.38. The number of rotatable bonds is 4. The standard InChI is InChI=1S/C20H21ClN2O3/c1-12-8-13(2)19(17(21)9-12)22-20(25)14-10-18(24)23(11-14)15-4-6-16(26-3)7-5-15/h4-9,14H,10-11H2,1-3H3,(H,22,25). The molecule has 1 atom stereocenters. The summed E-state index contributed by atoms with van der Waals surface area (Å²) in [5, 5.41) is 3.40. The molecule has 136 valence electrons. The molecule has 3 rings (SSSR count). The number of ether oxygens (including phenoxy) is 1. The van der Waals surface area contributed by atoms with Gasteiger partial charge in [-0.2, -0.15) is 0 Å². The Kier molecular flexibility index (Phi) is 5.18. The quantitative estimate of drug-likeness (QED) is 0.883. The predicted molar refractivity (Wildman–Crippen MR) is 103 cm³/mol. The molecule has 2 aromatic carbocycles. The minimum atomic E-state index is -0.415. The van der Waals surface area contributed by atoms with Crippen LogP contribution in [0.2, 0.25) is 5.02 Å². The first-order valence-electron chi connectivity index (χ1n) is 8.41. The number of benzene rings is 2. The molecule has 0 saturated carbocycles. The lowest BCUT2D eigenvalue weighted by atomic mass is 10.1. The van der Waals surface area contributed by atoms with Gasteiger partial charge in [0.2, 0.25) is 11.8 Å². The molecule has 1 aliphatic heterocycles. The van der Waals surface area contributed by atoms with E-state index in [0.29, 0.717) is 17.3 Å². The Balaban J connectivity index is 1.73. The molecule has 0 bridgehead atoms. The largest absolute Gasteiger partial charge is 0.497 e. The van der Waals surface area contributed by atoms with Crippen molar-refractivity contribution in [1.82, 2.24) is 0 Å². The van der Waals surface area contributed by atoms with Crippen LogP contribution < -0.4 is 15.0 Å². The zero-order chi connectivity index (χ0) is 18.8. The Morgan fingerprint density at radius 2 is 1.92 bits per heavy atom.